The second-order valence-corrected chi connectivity index (χ2v) is 27.5. The molecule has 532 valence electrons. The molecule has 0 radical (unpaired) electrons. The van der Waals surface area contributed by atoms with Gasteiger partial charge in [0.25, 0.3) is 0 Å². The monoisotopic (exact) mass is 1270 g/mol. The van der Waals surface area contributed by atoms with Crippen LogP contribution in [0.2, 0.25) is 0 Å². The second kappa shape index (κ2) is 72.3. The summed E-state index contributed by atoms with van der Waals surface area (Å²) in [5, 5.41) is 12.8. The largest absolute Gasteiger partial charge is 0.356 e. The molecule has 0 aromatic carbocycles. The summed E-state index contributed by atoms with van der Waals surface area (Å²) in [5.74, 6) is 0.736. The lowest BCUT2D eigenvalue weighted by Crippen LogP contribution is -2.40. The van der Waals surface area contributed by atoms with Gasteiger partial charge in [-0.05, 0) is 58.0 Å². The molecule has 0 atom stereocenters. The maximum Gasteiger partial charge on any atom is 0.221 e. The van der Waals surface area contributed by atoms with Gasteiger partial charge in [-0.3, -0.25) is 24.0 Å². The molecule has 0 fully saturated rings. The number of nitrogens with zero attached hydrogens (tertiary/aromatic N) is 3. The van der Waals surface area contributed by atoms with Crippen LogP contribution in [0.15, 0.2) is 0 Å². The molecule has 0 spiro atoms. The third kappa shape index (κ3) is 66.9. The van der Waals surface area contributed by atoms with Crippen LogP contribution in [0.5, 0.6) is 0 Å². The molecule has 0 aliphatic carbocycles. The first-order chi connectivity index (χ1) is 44.2. The van der Waals surface area contributed by atoms with E-state index in [-0.39, 0.29) is 23.6 Å². The molecule has 12 nitrogen and oxygen atoms in total. The Morgan fingerprint density at radius 3 is 0.633 bits per heavy atom. The minimum Gasteiger partial charge on any atom is -0.356 e. The second-order valence-electron chi connectivity index (χ2n) is 27.5. The first-order valence-electron chi connectivity index (χ1n) is 39.9. The first kappa shape index (κ1) is 87.4. The van der Waals surface area contributed by atoms with Crippen molar-refractivity contribution in [2.75, 3.05) is 85.1 Å². The summed E-state index contributed by atoms with van der Waals surface area (Å²) in [5.41, 5.74) is 0. The molecule has 90 heavy (non-hydrogen) atoms. The fraction of sp³-hybridized carbons (Fsp3) is 0.936. The van der Waals surface area contributed by atoms with Crippen molar-refractivity contribution < 1.29 is 24.0 Å². The van der Waals surface area contributed by atoms with Crippen molar-refractivity contribution in [1.29, 1.82) is 0 Å². The van der Waals surface area contributed by atoms with E-state index in [0.717, 1.165) is 136 Å². The predicted octanol–water partition coefficient (Wildman–Crippen LogP) is 19.5. The molecular weight excluding hydrogens is 1110 g/mol. The van der Waals surface area contributed by atoms with Gasteiger partial charge in [0.2, 0.25) is 23.6 Å². The highest BCUT2D eigenvalue weighted by molar-refractivity contribution is 5.79. The van der Waals surface area contributed by atoms with Gasteiger partial charge in [0.15, 0.2) is 0 Å². The van der Waals surface area contributed by atoms with E-state index in [1.54, 1.807) is 0 Å². The lowest BCUT2D eigenvalue weighted by molar-refractivity contribution is -0.122. The van der Waals surface area contributed by atoms with Gasteiger partial charge in [-0.25, -0.2) is 0 Å². The minimum absolute atomic E-state index is 0.0928. The smallest absolute Gasteiger partial charge is 0.221 e. The maximum atomic E-state index is 13.4. The molecule has 0 aromatic heterocycles. The summed E-state index contributed by atoms with van der Waals surface area (Å²) < 4.78 is 0. The van der Waals surface area contributed by atoms with Crippen molar-refractivity contribution in [2.45, 2.75) is 388 Å². The van der Waals surface area contributed by atoms with E-state index < -0.39 is 0 Å². The number of ketones is 1. The van der Waals surface area contributed by atoms with E-state index in [0.29, 0.717) is 77.0 Å². The number of carbonyl (C=O) groups excluding carboxylic acids is 5. The van der Waals surface area contributed by atoms with Gasteiger partial charge in [0.05, 0.1) is 0 Å². The lowest BCUT2D eigenvalue weighted by Gasteiger charge is -2.28. The topological polar surface area (TPSA) is 143 Å². The lowest BCUT2D eigenvalue weighted by atomic mass is 10.0. The van der Waals surface area contributed by atoms with Gasteiger partial charge in [0, 0.05) is 111 Å². The van der Waals surface area contributed by atoms with Gasteiger partial charge in [-0.2, -0.15) is 0 Å². The van der Waals surface area contributed by atoms with Crippen molar-refractivity contribution in [3.8, 4) is 0 Å². The Morgan fingerprint density at radius 1 is 0.189 bits per heavy atom. The van der Waals surface area contributed by atoms with Crippen LogP contribution in [0.4, 0.5) is 0 Å². The number of Topliss-reactive ketones (excluding diaryl/α,β-unsaturated/α-hetero) is 1. The zero-order valence-corrected chi connectivity index (χ0v) is 61.0. The quantitative estimate of drug-likeness (QED) is 0.0441. The van der Waals surface area contributed by atoms with Gasteiger partial charge in [-0.1, -0.05) is 304 Å². The van der Waals surface area contributed by atoms with Crippen LogP contribution in [0.3, 0.4) is 0 Å². The van der Waals surface area contributed by atoms with Gasteiger partial charge < -0.3 is 36.0 Å². The molecule has 0 bridgehead atoms. The molecule has 0 heterocycles. The van der Waals surface area contributed by atoms with Crippen molar-refractivity contribution in [2.24, 2.45) is 0 Å². The Kier molecular flexibility index (Phi) is 70.2. The SMILES string of the molecule is CCCCCCCCCCCCC(=O)CCN(CCC(=O)NCCCCCCCCCCC)CCN(CCCCCN(CCC(=O)NCCCCCCCCCCC)CCC(=O)NCCCCCCCCCCC)CCC(=O)NCCCCCCCCCCC. The van der Waals surface area contributed by atoms with E-state index in [1.165, 1.54) is 231 Å². The van der Waals surface area contributed by atoms with Gasteiger partial charge in [-0.15, -0.1) is 0 Å². The summed E-state index contributed by atoms with van der Waals surface area (Å²) in [4.78, 5) is 73.4. The predicted molar refractivity (Wildman–Crippen MR) is 389 cm³/mol. The third-order valence-corrected chi connectivity index (χ3v) is 18.7. The Hall–Kier alpha value is -2.57. The van der Waals surface area contributed by atoms with Crippen LogP contribution in [-0.4, -0.2) is 129 Å². The Bertz CT molecular complexity index is 1470. The molecule has 0 aliphatic heterocycles. The van der Waals surface area contributed by atoms with Crippen LogP contribution in [0.1, 0.15) is 388 Å². The van der Waals surface area contributed by atoms with Crippen LogP contribution < -0.4 is 21.3 Å². The zero-order chi connectivity index (χ0) is 65.5. The molecule has 12 heteroatoms. The molecule has 0 saturated heterocycles. The first-order valence-corrected chi connectivity index (χ1v) is 39.9. The van der Waals surface area contributed by atoms with E-state index >= 15 is 0 Å². The molecule has 0 aliphatic rings. The highest BCUT2D eigenvalue weighted by Crippen LogP contribution is 2.16. The number of hydrogen-bond donors (Lipinski definition) is 4. The van der Waals surface area contributed by atoms with Crippen molar-refractivity contribution in [1.82, 2.24) is 36.0 Å². The highest BCUT2D eigenvalue weighted by atomic mass is 16.2. The molecule has 0 unspecified atom stereocenters. The number of unbranched alkanes of at least 4 members (excludes halogenated alkanes) is 43. The standard InChI is InChI=1S/C78H155N7O5/c1-6-11-16-21-26-31-32-37-42-48-55-74(86)56-67-85(71-60-78(90)82-64-52-46-41-36-30-25-20-15-10-5)73-72-84(70-59-77(89)81-63-51-45-40-35-29-24-19-14-9-4)66-54-47-53-65-83(68-57-75(87)79-61-49-43-38-33-27-22-17-12-7-2)69-58-76(88)80-62-50-44-39-34-28-23-18-13-8-3/h6-73H2,1-5H3,(H,79,87)(H,80,88)(H,81,89)(H,82,90). The number of hydrogen-bond acceptors (Lipinski definition) is 8. The van der Waals surface area contributed by atoms with Crippen molar-refractivity contribution in [3.05, 3.63) is 0 Å². The molecule has 0 saturated carbocycles. The third-order valence-electron chi connectivity index (χ3n) is 18.7. The fourth-order valence-corrected chi connectivity index (χ4v) is 12.4. The van der Waals surface area contributed by atoms with E-state index in [1.807, 2.05) is 0 Å². The van der Waals surface area contributed by atoms with Crippen LogP contribution in [-0.2, 0) is 24.0 Å². The average molecular weight is 1270 g/mol. The number of rotatable bonds is 75. The fourth-order valence-electron chi connectivity index (χ4n) is 12.4. The molecule has 4 N–H and O–H groups in total. The van der Waals surface area contributed by atoms with E-state index in [2.05, 4.69) is 70.6 Å². The number of nitrogens with one attached hydrogen (secondary N) is 4. The normalized spacial score (nSPS) is 11.6. The van der Waals surface area contributed by atoms with E-state index in [4.69, 9.17) is 0 Å². The average Bonchev–Trinajstić information content (AvgIpc) is 3.67. The minimum atomic E-state index is 0.0928. The van der Waals surface area contributed by atoms with Crippen LogP contribution in [0.25, 0.3) is 0 Å². The summed E-state index contributed by atoms with van der Waals surface area (Å²) in [7, 11) is 0. The van der Waals surface area contributed by atoms with Gasteiger partial charge in [0.1, 0.15) is 5.78 Å². The molecule has 0 aromatic rings. The summed E-state index contributed by atoms with van der Waals surface area (Å²) in [6.07, 6.45) is 63.7. The Labute approximate surface area is 559 Å². The molecule has 0 rings (SSSR count). The number of carbonyl (C=O) groups is 5. The highest BCUT2D eigenvalue weighted by Gasteiger charge is 2.16. The van der Waals surface area contributed by atoms with Crippen molar-refractivity contribution in [3.63, 3.8) is 0 Å². The number of amides is 4. The van der Waals surface area contributed by atoms with Crippen LogP contribution in [0, 0.1) is 0 Å². The zero-order valence-electron chi connectivity index (χ0n) is 61.0. The molecule has 4 amide bonds. The maximum absolute atomic E-state index is 13.4. The molecular formula is C78H155N7O5. The summed E-state index contributed by atoms with van der Waals surface area (Å²) in [6, 6.07) is 0. The van der Waals surface area contributed by atoms with Crippen LogP contribution >= 0.6 is 0 Å². The Morgan fingerprint density at radius 2 is 0.378 bits per heavy atom. The Balaban J connectivity index is 5.80. The summed E-state index contributed by atoms with van der Waals surface area (Å²) >= 11 is 0. The summed E-state index contributed by atoms with van der Waals surface area (Å²) in [6.45, 7) is 20.7. The van der Waals surface area contributed by atoms with E-state index in [9.17, 15) is 24.0 Å². The van der Waals surface area contributed by atoms with Gasteiger partial charge >= 0.3 is 0 Å². The van der Waals surface area contributed by atoms with Crippen molar-refractivity contribution >= 4 is 29.4 Å².